The molecule has 0 aliphatic heterocycles. The van der Waals surface area contributed by atoms with Crippen molar-refractivity contribution in [2.75, 3.05) is 0 Å². The molecule has 1 aromatic carbocycles. The number of carbonyl (C=O) groups is 1. The van der Waals surface area contributed by atoms with E-state index in [1.54, 1.807) is 27.7 Å². The third-order valence-electron chi connectivity index (χ3n) is 3.19. The molecule has 0 fully saturated rings. The van der Waals surface area contributed by atoms with Crippen LogP contribution in [0, 0.1) is 6.92 Å². The Balaban J connectivity index is 2.60. The molecule has 106 valence electrons. The molecule has 19 heavy (non-hydrogen) atoms. The molecule has 0 aliphatic carbocycles. The molecule has 1 aromatic rings. The third-order valence-corrected chi connectivity index (χ3v) is 3.19. The third kappa shape index (κ3) is 4.56. The van der Waals surface area contributed by atoms with E-state index >= 15 is 0 Å². The predicted molar refractivity (Wildman–Crippen MR) is 75.2 cm³/mol. The zero-order chi connectivity index (χ0) is 14.6. The number of aliphatic hydroxyl groups excluding tert-OH is 1. The number of aryl methyl sites for hydroxylation is 1. The van der Waals surface area contributed by atoms with Crippen molar-refractivity contribution >= 4 is 5.91 Å². The summed E-state index contributed by atoms with van der Waals surface area (Å²) in [5, 5.41) is 12.3. The van der Waals surface area contributed by atoms with Crippen molar-refractivity contribution in [2.24, 2.45) is 0 Å². The normalized spacial score (nSPS) is 14.6. The number of carbonyl (C=O) groups excluding carboxylic acids is 1. The van der Waals surface area contributed by atoms with Crippen molar-refractivity contribution in [1.29, 1.82) is 0 Å². The van der Waals surface area contributed by atoms with E-state index in [9.17, 15) is 9.90 Å². The second kappa shape index (κ2) is 6.06. The molecule has 4 heteroatoms. The van der Waals surface area contributed by atoms with Crippen LogP contribution in [-0.2, 0) is 4.79 Å². The minimum absolute atomic E-state index is 0.244. The van der Waals surface area contributed by atoms with E-state index in [0.29, 0.717) is 5.75 Å². The van der Waals surface area contributed by atoms with E-state index in [4.69, 9.17) is 4.74 Å². The van der Waals surface area contributed by atoms with E-state index in [1.165, 1.54) is 0 Å². The number of aliphatic hydroxyl groups is 1. The summed E-state index contributed by atoms with van der Waals surface area (Å²) in [7, 11) is 0. The van der Waals surface area contributed by atoms with Gasteiger partial charge in [0.05, 0.1) is 11.6 Å². The van der Waals surface area contributed by atoms with Crippen molar-refractivity contribution in [3.05, 3.63) is 29.8 Å². The molecule has 1 amide bonds. The molecular weight excluding hydrogens is 242 g/mol. The molecule has 0 saturated carbocycles. The Morgan fingerprint density at radius 1 is 1.26 bits per heavy atom. The summed E-state index contributed by atoms with van der Waals surface area (Å²) in [6.07, 6.45) is -1.25. The van der Waals surface area contributed by atoms with Gasteiger partial charge in [-0.25, -0.2) is 0 Å². The molecule has 2 atom stereocenters. The van der Waals surface area contributed by atoms with Gasteiger partial charge in [-0.1, -0.05) is 17.7 Å². The number of hydrogen-bond acceptors (Lipinski definition) is 3. The van der Waals surface area contributed by atoms with Gasteiger partial charge in [-0.2, -0.15) is 0 Å². The quantitative estimate of drug-likeness (QED) is 0.856. The minimum Gasteiger partial charge on any atom is -0.481 e. The largest absolute Gasteiger partial charge is 0.481 e. The zero-order valence-electron chi connectivity index (χ0n) is 12.2. The van der Waals surface area contributed by atoms with Crippen molar-refractivity contribution in [2.45, 2.75) is 52.4 Å². The molecule has 1 rings (SSSR count). The molecule has 0 radical (unpaired) electrons. The number of nitrogens with one attached hydrogen (secondary N) is 1. The summed E-state index contributed by atoms with van der Waals surface area (Å²) in [4.78, 5) is 12.0. The van der Waals surface area contributed by atoms with E-state index in [-0.39, 0.29) is 5.91 Å². The van der Waals surface area contributed by atoms with Gasteiger partial charge in [0, 0.05) is 0 Å². The molecule has 0 aliphatic rings. The van der Waals surface area contributed by atoms with E-state index in [2.05, 4.69) is 5.32 Å². The maximum atomic E-state index is 12.0. The summed E-state index contributed by atoms with van der Waals surface area (Å²) in [6.45, 7) is 8.87. The van der Waals surface area contributed by atoms with Gasteiger partial charge in [-0.15, -0.1) is 0 Å². The van der Waals surface area contributed by atoms with Crippen LogP contribution < -0.4 is 10.1 Å². The molecule has 4 nitrogen and oxygen atoms in total. The van der Waals surface area contributed by atoms with Crippen LogP contribution in [-0.4, -0.2) is 28.8 Å². The Labute approximate surface area is 114 Å². The van der Waals surface area contributed by atoms with Gasteiger partial charge in [0.1, 0.15) is 5.75 Å². The lowest BCUT2D eigenvalue weighted by Gasteiger charge is -2.30. The van der Waals surface area contributed by atoms with Crippen LogP contribution in [0.4, 0.5) is 0 Å². The van der Waals surface area contributed by atoms with Crippen LogP contribution in [0.3, 0.4) is 0 Å². The summed E-state index contributed by atoms with van der Waals surface area (Å²) in [5.74, 6) is 0.412. The van der Waals surface area contributed by atoms with Crippen molar-refractivity contribution < 1.29 is 14.6 Å². The van der Waals surface area contributed by atoms with Gasteiger partial charge >= 0.3 is 0 Å². The van der Waals surface area contributed by atoms with Crippen LogP contribution in [0.15, 0.2) is 24.3 Å². The highest BCUT2D eigenvalue weighted by atomic mass is 16.5. The topological polar surface area (TPSA) is 58.6 Å². The Morgan fingerprint density at radius 3 is 2.26 bits per heavy atom. The van der Waals surface area contributed by atoms with Crippen LogP contribution in [0.1, 0.15) is 33.3 Å². The Morgan fingerprint density at radius 2 is 1.79 bits per heavy atom. The summed E-state index contributed by atoms with van der Waals surface area (Å²) < 4.78 is 5.56. The van der Waals surface area contributed by atoms with Gasteiger partial charge in [0.25, 0.3) is 5.91 Å². The lowest BCUT2D eigenvalue weighted by Crippen LogP contribution is -2.54. The monoisotopic (exact) mass is 265 g/mol. The molecule has 0 saturated heterocycles. The van der Waals surface area contributed by atoms with E-state index in [1.807, 2.05) is 31.2 Å². The molecule has 2 N–H and O–H groups in total. The van der Waals surface area contributed by atoms with Crippen LogP contribution in [0.2, 0.25) is 0 Å². The standard InChI is InChI=1S/C15H23NO3/c1-10-6-8-13(9-7-10)19-11(2)14(18)16-15(4,5)12(3)17/h6-9,11-12,17H,1-5H3,(H,16,18). The lowest BCUT2D eigenvalue weighted by atomic mass is 9.98. The predicted octanol–water partition coefficient (Wildman–Crippen LogP) is 2.04. The molecule has 0 spiro atoms. The maximum Gasteiger partial charge on any atom is 0.261 e. The first kappa shape index (κ1) is 15.5. The van der Waals surface area contributed by atoms with Gasteiger partial charge in [-0.05, 0) is 46.8 Å². The first-order chi connectivity index (χ1) is 8.72. The molecule has 2 unspecified atom stereocenters. The Bertz CT molecular complexity index is 424. The first-order valence-corrected chi connectivity index (χ1v) is 6.46. The van der Waals surface area contributed by atoms with Gasteiger partial charge in [0.15, 0.2) is 6.10 Å². The Kier molecular flexibility index (Phi) is 4.95. The average Bonchev–Trinajstić information content (AvgIpc) is 2.31. The second-order valence-corrected chi connectivity index (χ2v) is 5.46. The average molecular weight is 265 g/mol. The number of amides is 1. The van der Waals surface area contributed by atoms with E-state index in [0.717, 1.165) is 5.56 Å². The van der Waals surface area contributed by atoms with Gasteiger partial charge in [-0.3, -0.25) is 4.79 Å². The number of ether oxygens (including phenoxy) is 1. The molecule has 0 heterocycles. The van der Waals surface area contributed by atoms with Gasteiger partial charge < -0.3 is 15.2 Å². The smallest absolute Gasteiger partial charge is 0.261 e. The van der Waals surface area contributed by atoms with Crippen LogP contribution in [0.5, 0.6) is 5.75 Å². The van der Waals surface area contributed by atoms with E-state index < -0.39 is 17.7 Å². The summed E-state index contributed by atoms with van der Waals surface area (Å²) >= 11 is 0. The van der Waals surface area contributed by atoms with Crippen LogP contribution >= 0.6 is 0 Å². The number of hydrogen-bond donors (Lipinski definition) is 2. The number of benzene rings is 1. The number of rotatable bonds is 5. The highest BCUT2D eigenvalue weighted by molar-refractivity contribution is 5.81. The first-order valence-electron chi connectivity index (χ1n) is 6.46. The van der Waals surface area contributed by atoms with Crippen molar-refractivity contribution in [3.8, 4) is 5.75 Å². The second-order valence-electron chi connectivity index (χ2n) is 5.46. The molecule has 0 aromatic heterocycles. The molecular formula is C15H23NO3. The fourth-order valence-electron chi connectivity index (χ4n) is 1.40. The summed E-state index contributed by atoms with van der Waals surface area (Å²) in [5.41, 5.74) is 0.460. The fraction of sp³-hybridized carbons (Fsp3) is 0.533. The Hall–Kier alpha value is -1.55. The summed E-state index contributed by atoms with van der Waals surface area (Å²) in [6, 6.07) is 7.53. The highest BCUT2D eigenvalue weighted by Gasteiger charge is 2.28. The SMILES string of the molecule is Cc1ccc(OC(C)C(=O)NC(C)(C)C(C)O)cc1. The molecule has 0 bridgehead atoms. The fourth-order valence-corrected chi connectivity index (χ4v) is 1.40. The van der Waals surface area contributed by atoms with Gasteiger partial charge in [0.2, 0.25) is 0 Å². The lowest BCUT2D eigenvalue weighted by molar-refractivity contribution is -0.130. The van der Waals surface area contributed by atoms with Crippen LogP contribution in [0.25, 0.3) is 0 Å². The highest BCUT2D eigenvalue weighted by Crippen LogP contribution is 2.14. The minimum atomic E-state index is -0.679. The van der Waals surface area contributed by atoms with Crippen molar-refractivity contribution in [3.63, 3.8) is 0 Å². The zero-order valence-corrected chi connectivity index (χ0v) is 12.2. The van der Waals surface area contributed by atoms with Crippen molar-refractivity contribution in [1.82, 2.24) is 5.32 Å². The maximum absolute atomic E-state index is 12.0.